The van der Waals surface area contributed by atoms with Gasteiger partial charge in [0.1, 0.15) is 0 Å². The number of nitrogens with zero attached hydrogens (tertiary/aromatic N) is 3. The minimum absolute atomic E-state index is 0.200. The average molecular weight is 265 g/mol. The highest BCUT2D eigenvalue weighted by Gasteiger charge is 2.09. The van der Waals surface area contributed by atoms with E-state index < -0.39 is 0 Å². The van der Waals surface area contributed by atoms with Crippen LogP contribution < -0.4 is 11.1 Å². The van der Waals surface area contributed by atoms with Gasteiger partial charge in [0.25, 0.3) is 5.91 Å². The van der Waals surface area contributed by atoms with Gasteiger partial charge in [-0.25, -0.2) is 0 Å². The summed E-state index contributed by atoms with van der Waals surface area (Å²) < 4.78 is 1.56. The van der Waals surface area contributed by atoms with E-state index >= 15 is 0 Å². The van der Waals surface area contributed by atoms with E-state index in [1.165, 1.54) is 5.56 Å². The lowest BCUT2D eigenvalue weighted by molar-refractivity contribution is 0.0949. The summed E-state index contributed by atoms with van der Waals surface area (Å²) in [4.78, 5) is 11.7. The maximum Gasteiger partial charge on any atom is 0.273 e. The molecular weight excluding hydrogens is 250 g/mol. The van der Waals surface area contributed by atoms with E-state index in [-0.39, 0.29) is 5.91 Å². The summed E-state index contributed by atoms with van der Waals surface area (Å²) in [5, 5.41) is 14.5. The molecule has 0 unspecified atom stereocenters. The monoisotopic (exact) mass is 265 g/mol. The van der Waals surface area contributed by atoms with Gasteiger partial charge in [-0.05, 0) is 28.8 Å². The summed E-state index contributed by atoms with van der Waals surface area (Å²) >= 11 is 1.65. The molecule has 0 aromatic carbocycles. The van der Waals surface area contributed by atoms with Gasteiger partial charge in [-0.15, -0.1) is 5.10 Å². The molecular formula is C11H15N5OS. The van der Waals surface area contributed by atoms with Crippen LogP contribution in [0, 0.1) is 0 Å². The van der Waals surface area contributed by atoms with Gasteiger partial charge in [-0.3, -0.25) is 9.48 Å². The fraction of sp³-hybridized carbons (Fsp3) is 0.364. The smallest absolute Gasteiger partial charge is 0.273 e. The molecule has 1 amide bonds. The molecule has 0 spiro atoms. The number of thiophene rings is 1. The molecule has 0 atom stereocenters. The van der Waals surface area contributed by atoms with Crippen molar-refractivity contribution in [3.63, 3.8) is 0 Å². The third kappa shape index (κ3) is 3.38. The van der Waals surface area contributed by atoms with Crippen LogP contribution in [0.2, 0.25) is 0 Å². The van der Waals surface area contributed by atoms with Gasteiger partial charge in [0.05, 0.1) is 12.7 Å². The number of carbonyl (C=O) groups is 1. The fourth-order valence-corrected chi connectivity index (χ4v) is 2.19. The van der Waals surface area contributed by atoms with Gasteiger partial charge in [-0.1, -0.05) is 5.21 Å². The van der Waals surface area contributed by atoms with Crippen molar-refractivity contribution in [2.45, 2.75) is 13.0 Å². The van der Waals surface area contributed by atoms with Crippen LogP contribution in [-0.4, -0.2) is 34.0 Å². The van der Waals surface area contributed by atoms with Crippen molar-refractivity contribution in [2.24, 2.45) is 5.73 Å². The Hall–Kier alpha value is -1.73. The highest BCUT2D eigenvalue weighted by Crippen LogP contribution is 2.05. The zero-order chi connectivity index (χ0) is 12.8. The number of carbonyl (C=O) groups excluding carboxylic acids is 1. The van der Waals surface area contributed by atoms with Crippen LogP contribution in [0.25, 0.3) is 0 Å². The lowest BCUT2D eigenvalue weighted by Crippen LogP contribution is -2.26. The van der Waals surface area contributed by atoms with E-state index in [1.807, 2.05) is 11.4 Å². The van der Waals surface area contributed by atoms with Gasteiger partial charge in [-0.2, -0.15) is 11.3 Å². The number of amides is 1. The van der Waals surface area contributed by atoms with Crippen LogP contribution in [0.5, 0.6) is 0 Å². The Morgan fingerprint density at radius 3 is 3.17 bits per heavy atom. The first-order valence-electron chi connectivity index (χ1n) is 5.69. The summed E-state index contributed by atoms with van der Waals surface area (Å²) in [5.41, 5.74) is 6.95. The van der Waals surface area contributed by atoms with Crippen LogP contribution in [0.15, 0.2) is 23.0 Å². The minimum Gasteiger partial charge on any atom is -0.350 e. The molecule has 3 N–H and O–H groups in total. The summed E-state index contributed by atoms with van der Waals surface area (Å²) in [7, 11) is 0. The number of nitrogens with two attached hydrogens (primary N) is 1. The molecule has 2 aromatic heterocycles. The van der Waals surface area contributed by atoms with Crippen LogP contribution >= 0.6 is 11.3 Å². The fourth-order valence-electron chi connectivity index (χ4n) is 1.49. The van der Waals surface area contributed by atoms with Crippen molar-refractivity contribution in [2.75, 3.05) is 13.1 Å². The van der Waals surface area contributed by atoms with E-state index in [0.717, 1.165) is 6.42 Å². The predicted molar refractivity (Wildman–Crippen MR) is 69.4 cm³/mol. The van der Waals surface area contributed by atoms with Crippen LogP contribution in [-0.2, 0) is 13.0 Å². The van der Waals surface area contributed by atoms with Crippen molar-refractivity contribution >= 4 is 17.2 Å². The second-order valence-corrected chi connectivity index (χ2v) is 4.57. The Morgan fingerprint density at radius 2 is 2.44 bits per heavy atom. The molecule has 0 radical (unpaired) electrons. The van der Waals surface area contributed by atoms with Crippen molar-refractivity contribution < 1.29 is 4.79 Å². The summed E-state index contributed by atoms with van der Waals surface area (Å²) in [6.45, 7) is 1.64. The number of aromatic nitrogens is 3. The molecule has 0 aliphatic heterocycles. The summed E-state index contributed by atoms with van der Waals surface area (Å²) in [6, 6.07) is 2.05. The molecule has 96 valence electrons. The number of hydrogen-bond donors (Lipinski definition) is 2. The van der Waals surface area contributed by atoms with Crippen molar-refractivity contribution in [1.82, 2.24) is 20.3 Å². The molecule has 0 saturated heterocycles. The second kappa shape index (κ2) is 6.27. The molecule has 0 fully saturated rings. The quantitative estimate of drug-likeness (QED) is 0.785. The topological polar surface area (TPSA) is 85.8 Å². The minimum atomic E-state index is -0.200. The standard InChI is InChI=1S/C11H15N5OS/c12-3-5-16-7-10(14-15-16)11(17)13-4-1-9-2-6-18-8-9/h2,6-8H,1,3-5,12H2,(H,13,17). The molecule has 2 heterocycles. The zero-order valence-electron chi connectivity index (χ0n) is 9.87. The van der Waals surface area contributed by atoms with Gasteiger partial charge in [0.2, 0.25) is 0 Å². The van der Waals surface area contributed by atoms with Gasteiger partial charge in [0, 0.05) is 13.1 Å². The maximum atomic E-state index is 11.7. The second-order valence-electron chi connectivity index (χ2n) is 3.79. The Labute approximate surface area is 109 Å². The van der Waals surface area contributed by atoms with Crippen molar-refractivity contribution in [3.05, 3.63) is 34.3 Å². The van der Waals surface area contributed by atoms with Crippen LogP contribution in [0.1, 0.15) is 16.1 Å². The molecule has 18 heavy (non-hydrogen) atoms. The SMILES string of the molecule is NCCn1cc(C(=O)NCCc2ccsc2)nn1. The van der Waals surface area contributed by atoms with Crippen molar-refractivity contribution in [3.8, 4) is 0 Å². The molecule has 0 saturated carbocycles. The highest BCUT2D eigenvalue weighted by molar-refractivity contribution is 7.07. The average Bonchev–Trinajstić information content (AvgIpc) is 3.00. The van der Waals surface area contributed by atoms with E-state index in [9.17, 15) is 4.79 Å². The van der Waals surface area contributed by atoms with Crippen LogP contribution in [0.3, 0.4) is 0 Å². The Kier molecular flexibility index (Phi) is 4.43. The first kappa shape index (κ1) is 12.7. The van der Waals surface area contributed by atoms with Crippen molar-refractivity contribution in [1.29, 1.82) is 0 Å². The van der Waals surface area contributed by atoms with E-state index in [4.69, 9.17) is 5.73 Å². The van der Waals surface area contributed by atoms with Gasteiger partial charge < -0.3 is 11.1 Å². The predicted octanol–water partition coefficient (Wildman–Crippen LogP) is 0.271. The number of rotatable bonds is 6. The van der Waals surface area contributed by atoms with Crippen LogP contribution in [0.4, 0.5) is 0 Å². The largest absolute Gasteiger partial charge is 0.350 e. The normalized spacial score (nSPS) is 10.5. The lowest BCUT2D eigenvalue weighted by atomic mass is 10.2. The molecule has 6 nitrogen and oxygen atoms in total. The lowest BCUT2D eigenvalue weighted by Gasteiger charge is -2.00. The Bertz CT molecular complexity index is 493. The van der Waals surface area contributed by atoms with Gasteiger partial charge >= 0.3 is 0 Å². The molecule has 0 aliphatic rings. The Morgan fingerprint density at radius 1 is 1.56 bits per heavy atom. The molecule has 0 aliphatic carbocycles. The van der Waals surface area contributed by atoms with E-state index in [0.29, 0.717) is 25.3 Å². The van der Waals surface area contributed by atoms with E-state index in [1.54, 1.807) is 22.2 Å². The molecule has 2 aromatic rings. The zero-order valence-corrected chi connectivity index (χ0v) is 10.7. The third-order valence-electron chi connectivity index (χ3n) is 2.41. The Balaban J connectivity index is 1.80. The van der Waals surface area contributed by atoms with Gasteiger partial charge in [0.15, 0.2) is 5.69 Å². The highest BCUT2D eigenvalue weighted by atomic mass is 32.1. The first-order valence-corrected chi connectivity index (χ1v) is 6.63. The number of hydrogen-bond acceptors (Lipinski definition) is 5. The summed E-state index contributed by atoms with van der Waals surface area (Å²) in [5.74, 6) is -0.200. The molecule has 7 heteroatoms. The third-order valence-corrected chi connectivity index (χ3v) is 3.14. The molecule has 0 bridgehead atoms. The summed E-state index contributed by atoms with van der Waals surface area (Å²) in [6.07, 6.45) is 2.43. The number of nitrogens with one attached hydrogen (secondary N) is 1. The maximum absolute atomic E-state index is 11.7. The molecule has 2 rings (SSSR count). The first-order chi connectivity index (χ1) is 8.79. The van der Waals surface area contributed by atoms with E-state index in [2.05, 4.69) is 21.0 Å².